The minimum atomic E-state index is -3.65. The molecule has 0 saturated carbocycles. The van der Waals surface area contributed by atoms with Gasteiger partial charge in [-0.3, -0.25) is 4.98 Å². The van der Waals surface area contributed by atoms with E-state index in [2.05, 4.69) is 18.8 Å². The standard InChI is InChI=1S/C15H22N2O4S/c1-4-21-13-5-6-16-7-14(13)22(18,19)17-10-15(2,3)11-8-20-9-12(11)17/h5-7,11-12H,4,8-10H2,1-3H3/t11-,12+/m1/s1. The Kier molecular flexibility index (Phi) is 3.91. The number of aromatic nitrogens is 1. The van der Waals surface area contributed by atoms with Crippen molar-refractivity contribution in [1.82, 2.24) is 9.29 Å². The second-order valence-corrected chi connectivity index (χ2v) is 8.36. The van der Waals surface area contributed by atoms with Crippen LogP contribution in [0.1, 0.15) is 20.8 Å². The zero-order chi connectivity index (χ0) is 16.0. The summed E-state index contributed by atoms with van der Waals surface area (Å²) in [4.78, 5) is 4.11. The van der Waals surface area contributed by atoms with Crippen LogP contribution in [0.25, 0.3) is 0 Å². The molecule has 1 aromatic heterocycles. The van der Waals surface area contributed by atoms with Crippen LogP contribution in [0.2, 0.25) is 0 Å². The van der Waals surface area contributed by atoms with Gasteiger partial charge in [-0.2, -0.15) is 4.31 Å². The van der Waals surface area contributed by atoms with Gasteiger partial charge in [0, 0.05) is 18.7 Å². The molecule has 2 aliphatic heterocycles. The number of hydrogen-bond acceptors (Lipinski definition) is 5. The predicted molar refractivity (Wildman–Crippen MR) is 81.2 cm³/mol. The summed E-state index contributed by atoms with van der Waals surface area (Å²) in [6, 6.07) is 1.50. The first-order valence-corrected chi connectivity index (χ1v) is 8.98. The Morgan fingerprint density at radius 3 is 2.95 bits per heavy atom. The monoisotopic (exact) mass is 326 g/mol. The fourth-order valence-corrected chi connectivity index (χ4v) is 5.33. The average molecular weight is 326 g/mol. The lowest BCUT2D eigenvalue weighted by Crippen LogP contribution is -2.38. The van der Waals surface area contributed by atoms with Gasteiger partial charge < -0.3 is 9.47 Å². The van der Waals surface area contributed by atoms with Crippen LogP contribution in [0.5, 0.6) is 5.75 Å². The van der Waals surface area contributed by atoms with Gasteiger partial charge in [0.05, 0.1) is 32.1 Å². The maximum absolute atomic E-state index is 13.1. The van der Waals surface area contributed by atoms with Crippen molar-refractivity contribution in [2.24, 2.45) is 11.3 Å². The molecular weight excluding hydrogens is 304 g/mol. The Labute approximate surface area is 131 Å². The molecule has 2 saturated heterocycles. The number of rotatable bonds is 4. The van der Waals surface area contributed by atoms with Crippen molar-refractivity contribution in [3.05, 3.63) is 18.5 Å². The lowest BCUT2D eigenvalue weighted by atomic mass is 9.80. The lowest BCUT2D eigenvalue weighted by molar-refractivity contribution is 0.137. The van der Waals surface area contributed by atoms with E-state index < -0.39 is 10.0 Å². The van der Waals surface area contributed by atoms with Crippen molar-refractivity contribution < 1.29 is 17.9 Å². The molecule has 0 bridgehead atoms. The van der Waals surface area contributed by atoms with Gasteiger partial charge >= 0.3 is 0 Å². The molecule has 6 nitrogen and oxygen atoms in total. The smallest absolute Gasteiger partial charge is 0.248 e. The van der Waals surface area contributed by atoms with Gasteiger partial charge in [-0.15, -0.1) is 0 Å². The maximum Gasteiger partial charge on any atom is 0.248 e. The quantitative estimate of drug-likeness (QED) is 0.839. The largest absolute Gasteiger partial charge is 0.492 e. The van der Waals surface area contributed by atoms with Crippen molar-refractivity contribution in [3.63, 3.8) is 0 Å². The predicted octanol–water partition coefficient (Wildman–Crippen LogP) is 1.53. The minimum absolute atomic E-state index is 0.0950. The van der Waals surface area contributed by atoms with Crippen molar-refractivity contribution in [1.29, 1.82) is 0 Å². The number of hydrogen-bond donors (Lipinski definition) is 0. The van der Waals surface area contributed by atoms with Crippen LogP contribution in [0.15, 0.2) is 23.4 Å². The number of ether oxygens (including phenoxy) is 2. The lowest BCUT2D eigenvalue weighted by Gasteiger charge is -2.24. The molecule has 2 atom stereocenters. The van der Waals surface area contributed by atoms with E-state index in [4.69, 9.17) is 9.47 Å². The van der Waals surface area contributed by atoms with Crippen LogP contribution in [-0.4, -0.2) is 50.1 Å². The van der Waals surface area contributed by atoms with Gasteiger partial charge in [0.1, 0.15) is 10.6 Å². The minimum Gasteiger partial charge on any atom is -0.492 e. The van der Waals surface area contributed by atoms with E-state index >= 15 is 0 Å². The first-order valence-electron chi connectivity index (χ1n) is 7.54. The molecule has 22 heavy (non-hydrogen) atoms. The molecule has 0 unspecified atom stereocenters. The zero-order valence-electron chi connectivity index (χ0n) is 13.2. The van der Waals surface area contributed by atoms with E-state index in [0.29, 0.717) is 32.1 Å². The van der Waals surface area contributed by atoms with Crippen LogP contribution in [0.3, 0.4) is 0 Å². The summed E-state index contributed by atoms with van der Waals surface area (Å²) in [5, 5.41) is 0. The second kappa shape index (κ2) is 5.47. The van der Waals surface area contributed by atoms with Crippen molar-refractivity contribution >= 4 is 10.0 Å². The van der Waals surface area contributed by atoms with Gasteiger partial charge in [0.25, 0.3) is 0 Å². The molecule has 122 valence electrons. The van der Waals surface area contributed by atoms with Gasteiger partial charge in [-0.05, 0) is 18.4 Å². The van der Waals surface area contributed by atoms with Gasteiger partial charge in [0.2, 0.25) is 10.0 Å². The fourth-order valence-electron chi connectivity index (χ4n) is 3.43. The highest BCUT2D eigenvalue weighted by atomic mass is 32.2. The molecule has 3 rings (SSSR count). The Bertz CT molecular complexity index is 659. The van der Waals surface area contributed by atoms with E-state index in [1.807, 2.05) is 6.92 Å². The molecule has 2 fully saturated rings. The van der Waals surface area contributed by atoms with Crippen LogP contribution in [0, 0.1) is 11.3 Å². The van der Waals surface area contributed by atoms with Gasteiger partial charge in [-0.1, -0.05) is 13.8 Å². The summed E-state index contributed by atoms with van der Waals surface area (Å²) in [5.41, 5.74) is -0.0950. The number of sulfonamides is 1. The van der Waals surface area contributed by atoms with E-state index in [1.165, 1.54) is 6.20 Å². The molecule has 2 aliphatic rings. The summed E-state index contributed by atoms with van der Waals surface area (Å²) in [7, 11) is -3.65. The topological polar surface area (TPSA) is 68.7 Å². The highest BCUT2D eigenvalue weighted by Crippen LogP contribution is 2.46. The third-order valence-electron chi connectivity index (χ3n) is 4.62. The average Bonchev–Trinajstić information content (AvgIpc) is 3.03. The number of fused-ring (bicyclic) bond motifs is 1. The Morgan fingerprint density at radius 2 is 2.23 bits per heavy atom. The Balaban J connectivity index is 2.01. The van der Waals surface area contributed by atoms with E-state index in [1.54, 1.807) is 16.6 Å². The van der Waals surface area contributed by atoms with Gasteiger partial charge in [0.15, 0.2) is 0 Å². The van der Waals surface area contributed by atoms with Crippen LogP contribution < -0.4 is 4.74 Å². The number of nitrogens with zero attached hydrogens (tertiary/aromatic N) is 2. The Morgan fingerprint density at radius 1 is 1.45 bits per heavy atom. The highest BCUT2D eigenvalue weighted by Gasteiger charge is 2.54. The SMILES string of the molecule is CCOc1ccncc1S(=O)(=O)N1CC(C)(C)[C@@H]2COC[C@@H]21. The van der Waals surface area contributed by atoms with Crippen molar-refractivity contribution in [3.8, 4) is 5.75 Å². The second-order valence-electron chi connectivity index (χ2n) is 6.51. The first-order chi connectivity index (χ1) is 10.4. The van der Waals surface area contributed by atoms with Crippen LogP contribution >= 0.6 is 0 Å². The third kappa shape index (κ3) is 2.41. The molecule has 0 N–H and O–H groups in total. The normalized spacial score (nSPS) is 27.8. The molecular formula is C15H22N2O4S. The molecule has 0 spiro atoms. The van der Waals surface area contributed by atoms with E-state index in [-0.39, 0.29) is 22.3 Å². The van der Waals surface area contributed by atoms with Crippen molar-refractivity contribution in [2.45, 2.75) is 31.7 Å². The molecule has 1 aromatic rings. The highest BCUT2D eigenvalue weighted by molar-refractivity contribution is 7.89. The van der Waals surface area contributed by atoms with Crippen LogP contribution in [-0.2, 0) is 14.8 Å². The first kappa shape index (κ1) is 15.7. The summed E-state index contributed by atoms with van der Waals surface area (Å²) >= 11 is 0. The molecule has 0 amide bonds. The van der Waals surface area contributed by atoms with Crippen molar-refractivity contribution in [2.75, 3.05) is 26.4 Å². The zero-order valence-corrected chi connectivity index (χ0v) is 14.0. The summed E-state index contributed by atoms with van der Waals surface area (Å²) < 4.78 is 38.8. The number of pyridine rings is 1. The van der Waals surface area contributed by atoms with E-state index in [0.717, 1.165) is 0 Å². The molecule has 7 heteroatoms. The summed E-state index contributed by atoms with van der Waals surface area (Å²) in [5.74, 6) is 0.590. The van der Waals surface area contributed by atoms with Gasteiger partial charge in [-0.25, -0.2) is 8.42 Å². The molecule has 0 aromatic carbocycles. The molecule has 3 heterocycles. The summed E-state index contributed by atoms with van der Waals surface area (Å²) in [6.07, 6.45) is 2.91. The summed E-state index contributed by atoms with van der Waals surface area (Å²) in [6.45, 7) is 8.01. The molecule has 0 radical (unpaired) electrons. The fraction of sp³-hybridized carbons (Fsp3) is 0.667. The molecule has 0 aliphatic carbocycles. The third-order valence-corrected chi connectivity index (χ3v) is 6.50. The van der Waals surface area contributed by atoms with E-state index in [9.17, 15) is 8.42 Å². The van der Waals surface area contributed by atoms with Crippen LogP contribution in [0.4, 0.5) is 0 Å². The Hall–Kier alpha value is -1.18. The maximum atomic E-state index is 13.1.